The summed E-state index contributed by atoms with van der Waals surface area (Å²) in [5, 5.41) is 2.43. The molecule has 1 aliphatic rings. The highest BCUT2D eigenvalue weighted by Gasteiger charge is 2.32. The SMILES string of the molecule is COc1ccc(S(=O)(=O)C2CCN(C(=O)Nc3ccc(C(C)(C)C)cc3)CC2)cc1. The van der Waals surface area contributed by atoms with Gasteiger partial charge in [0, 0.05) is 18.8 Å². The molecule has 2 aromatic carbocycles. The van der Waals surface area contributed by atoms with E-state index in [0.717, 1.165) is 5.69 Å². The second kappa shape index (κ2) is 8.68. The van der Waals surface area contributed by atoms with E-state index in [2.05, 4.69) is 26.1 Å². The van der Waals surface area contributed by atoms with Crippen molar-refractivity contribution in [2.24, 2.45) is 0 Å². The number of benzene rings is 2. The van der Waals surface area contributed by atoms with Crippen molar-refractivity contribution in [2.45, 2.75) is 49.2 Å². The van der Waals surface area contributed by atoms with Gasteiger partial charge in [0.2, 0.25) is 0 Å². The summed E-state index contributed by atoms with van der Waals surface area (Å²) in [7, 11) is -1.88. The molecule has 6 nitrogen and oxygen atoms in total. The first-order chi connectivity index (χ1) is 14.1. The molecule has 0 aromatic heterocycles. The minimum Gasteiger partial charge on any atom is -0.497 e. The molecule has 1 fully saturated rings. The third-order valence-electron chi connectivity index (χ3n) is 5.56. The Labute approximate surface area is 179 Å². The molecular formula is C23H30N2O4S. The van der Waals surface area contributed by atoms with Crippen LogP contribution in [-0.2, 0) is 15.3 Å². The van der Waals surface area contributed by atoms with Crippen molar-refractivity contribution in [2.75, 3.05) is 25.5 Å². The number of amides is 2. The van der Waals surface area contributed by atoms with Crippen molar-refractivity contribution in [3.63, 3.8) is 0 Å². The molecule has 0 spiro atoms. The molecule has 7 heteroatoms. The van der Waals surface area contributed by atoms with Gasteiger partial charge in [-0.2, -0.15) is 0 Å². The van der Waals surface area contributed by atoms with Gasteiger partial charge in [0.1, 0.15) is 5.75 Å². The lowest BCUT2D eigenvalue weighted by Gasteiger charge is -2.31. The Morgan fingerprint density at radius 1 is 1.00 bits per heavy atom. The predicted molar refractivity (Wildman–Crippen MR) is 119 cm³/mol. The normalized spacial score (nSPS) is 15.7. The van der Waals surface area contributed by atoms with Gasteiger partial charge in [-0.25, -0.2) is 13.2 Å². The van der Waals surface area contributed by atoms with Crippen LogP contribution in [0.1, 0.15) is 39.2 Å². The number of hydrogen-bond acceptors (Lipinski definition) is 4. The van der Waals surface area contributed by atoms with Crippen LogP contribution in [0.15, 0.2) is 53.4 Å². The predicted octanol–water partition coefficient (Wildman–Crippen LogP) is 4.46. The van der Waals surface area contributed by atoms with Crippen LogP contribution in [0, 0.1) is 0 Å². The maximum absolute atomic E-state index is 12.9. The zero-order chi connectivity index (χ0) is 21.9. The standard InChI is InChI=1S/C23H30N2O4S/c1-23(2,3)17-5-7-18(8-6-17)24-22(26)25-15-13-21(14-16-25)30(27,28)20-11-9-19(29-4)10-12-20/h5-12,21H,13-16H2,1-4H3,(H,24,26). The van der Waals surface area contributed by atoms with Gasteiger partial charge in [0.05, 0.1) is 17.3 Å². The number of hydrogen-bond donors (Lipinski definition) is 1. The zero-order valence-electron chi connectivity index (χ0n) is 18.0. The molecular weight excluding hydrogens is 400 g/mol. The van der Waals surface area contributed by atoms with Crippen LogP contribution in [0.25, 0.3) is 0 Å². The number of anilines is 1. The fourth-order valence-electron chi connectivity index (χ4n) is 3.58. The van der Waals surface area contributed by atoms with Crippen molar-refractivity contribution in [3.05, 3.63) is 54.1 Å². The highest BCUT2D eigenvalue weighted by atomic mass is 32.2. The summed E-state index contributed by atoms with van der Waals surface area (Å²) in [6, 6.07) is 14.1. The quantitative estimate of drug-likeness (QED) is 0.777. The first-order valence-electron chi connectivity index (χ1n) is 10.2. The van der Waals surface area contributed by atoms with Crippen LogP contribution >= 0.6 is 0 Å². The highest BCUT2D eigenvalue weighted by molar-refractivity contribution is 7.92. The Hall–Kier alpha value is -2.54. The third kappa shape index (κ3) is 4.95. The van der Waals surface area contributed by atoms with Crippen LogP contribution < -0.4 is 10.1 Å². The highest BCUT2D eigenvalue weighted by Crippen LogP contribution is 2.27. The van der Waals surface area contributed by atoms with E-state index in [9.17, 15) is 13.2 Å². The van der Waals surface area contributed by atoms with Gasteiger partial charge in [-0.1, -0.05) is 32.9 Å². The molecule has 0 atom stereocenters. The second-order valence-electron chi connectivity index (χ2n) is 8.66. The van der Waals surface area contributed by atoms with Gasteiger partial charge < -0.3 is 15.0 Å². The van der Waals surface area contributed by atoms with Gasteiger partial charge in [-0.3, -0.25) is 0 Å². The molecule has 162 valence electrons. The van der Waals surface area contributed by atoms with Crippen LogP contribution in [-0.4, -0.2) is 44.8 Å². The van der Waals surface area contributed by atoms with E-state index in [1.165, 1.54) is 5.56 Å². The second-order valence-corrected chi connectivity index (χ2v) is 10.9. The number of nitrogens with one attached hydrogen (secondary N) is 1. The molecule has 0 unspecified atom stereocenters. The Balaban J connectivity index is 1.58. The molecule has 0 saturated carbocycles. The van der Waals surface area contributed by atoms with E-state index >= 15 is 0 Å². The smallest absolute Gasteiger partial charge is 0.321 e. The van der Waals surface area contributed by atoms with E-state index in [4.69, 9.17) is 4.74 Å². The lowest BCUT2D eigenvalue weighted by molar-refractivity contribution is 0.200. The minimum absolute atomic E-state index is 0.0554. The monoisotopic (exact) mass is 430 g/mol. The van der Waals surface area contributed by atoms with Crippen LogP contribution in [0.2, 0.25) is 0 Å². The summed E-state index contributed by atoms with van der Waals surface area (Å²) in [5.74, 6) is 0.621. The lowest BCUT2D eigenvalue weighted by atomic mass is 9.87. The van der Waals surface area contributed by atoms with Crippen molar-refractivity contribution < 1.29 is 17.9 Å². The molecule has 0 aliphatic carbocycles. The Morgan fingerprint density at radius 2 is 1.57 bits per heavy atom. The Morgan fingerprint density at radius 3 is 2.07 bits per heavy atom. The number of carbonyl (C=O) groups excluding carboxylic acids is 1. The number of methoxy groups -OCH3 is 1. The summed E-state index contributed by atoms with van der Waals surface area (Å²) in [6.07, 6.45) is 0.843. The lowest BCUT2D eigenvalue weighted by Crippen LogP contribution is -2.44. The van der Waals surface area contributed by atoms with E-state index < -0.39 is 15.1 Å². The van der Waals surface area contributed by atoms with Crippen molar-refractivity contribution in [1.82, 2.24) is 4.90 Å². The fourth-order valence-corrected chi connectivity index (χ4v) is 5.31. The molecule has 1 heterocycles. The molecule has 0 radical (unpaired) electrons. The average molecular weight is 431 g/mol. The van der Waals surface area contributed by atoms with Gasteiger partial charge in [0.25, 0.3) is 0 Å². The maximum atomic E-state index is 12.9. The molecule has 1 N–H and O–H groups in total. The molecule has 2 amide bonds. The number of nitrogens with zero attached hydrogens (tertiary/aromatic N) is 1. The number of ether oxygens (including phenoxy) is 1. The van der Waals surface area contributed by atoms with Gasteiger partial charge in [-0.15, -0.1) is 0 Å². The van der Waals surface area contributed by atoms with E-state index in [1.54, 1.807) is 36.3 Å². The maximum Gasteiger partial charge on any atom is 0.321 e. The summed E-state index contributed by atoms with van der Waals surface area (Å²) in [4.78, 5) is 14.6. The number of likely N-dealkylation sites (tertiary alicyclic amines) is 1. The summed E-state index contributed by atoms with van der Waals surface area (Å²) in [5.41, 5.74) is 1.99. The first kappa shape index (κ1) is 22.2. The molecule has 30 heavy (non-hydrogen) atoms. The number of rotatable bonds is 4. The molecule has 0 bridgehead atoms. The molecule has 3 rings (SSSR count). The third-order valence-corrected chi connectivity index (χ3v) is 7.84. The van der Waals surface area contributed by atoms with Crippen LogP contribution in [0.3, 0.4) is 0 Å². The van der Waals surface area contributed by atoms with E-state index in [1.807, 2.05) is 24.3 Å². The van der Waals surface area contributed by atoms with Crippen molar-refractivity contribution in [3.8, 4) is 5.75 Å². The number of carbonyl (C=O) groups is 1. The first-order valence-corrected chi connectivity index (χ1v) is 11.7. The van der Waals surface area contributed by atoms with Crippen molar-refractivity contribution >= 4 is 21.6 Å². The largest absolute Gasteiger partial charge is 0.497 e. The number of urea groups is 1. The average Bonchev–Trinajstić information content (AvgIpc) is 2.73. The van der Waals surface area contributed by atoms with E-state index in [0.29, 0.717) is 36.6 Å². The molecule has 1 aliphatic heterocycles. The summed E-state index contributed by atoms with van der Waals surface area (Å²) in [6.45, 7) is 7.25. The Kier molecular flexibility index (Phi) is 6.41. The topological polar surface area (TPSA) is 75.7 Å². The molecule has 2 aromatic rings. The van der Waals surface area contributed by atoms with Crippen molar-refractivity contribution in [1.29, 1.82) is 0 Å². The summed E-state index contributed by atoms with van der Waals surface area (Å²) >= 11 is 0. The van der Waals surface area contributed by atoms with Crippen LogP contribution in [0.4, 0.5) is 10.5 Å². The van der Waals surface area contributed by atoms with E-state index in [-0.39, 0.29) is 11.4 Å². The zero-order valence-corrected chi connectivity index (χ0v) is 18.8. The van der Waals surface area contributed by atoms with Gasteiger partial charge >= 0.3 is 6.03 Å². The summed E-state index contributed by atoms with van der Waals surface area (Å²) < 4.78 is 30.9. The van der Waals surface area contributed by atoms with Gasteiger partial charge in [0.15, 0.2) is 9.84 Å². The van der Waals surface area contributed by atoms with Crippen LogP contribution in [0.5, 0.6) is 5.75 Å². The fraction of sp³-hybridized carbons (Fsp3) is 0.435. The Bertz CT molecular complexity index is 969. The minimum atomic E-state index is -3.43. The van der Waals surface area contributed by atoms with Gasteiger partial charge in [-0.05, 0) is 60.2 Å². The molecule has 1 saturated heterocycles. The number of piperidine rings is 1. The number of sulfone groups is 1.